The smallest absolute Gasteiger partial charge is 0.410 e. The maximum absolute atomic E-state index is 12.5. The number of amides is 1. The molecule has 4 rings (SSSR count). The fraction of sp³-hybridized carbons (Fsp3) is 0.263. The van der Waals surface area contributed by atoms with Crippen LogP contribution in [0.2, 0.25) is 0 Å². The molecule has 1 atom stereocenters. The summed E-state index contributed by atoms with van der Waals surface area (Å²) in [4.78, 5) is 22.3. The Morgan fingerprint density at radius 1 is 1.28 bits per heavy atom. The number of carbonyl (C=O) groups excluding carboxylic acids is 1. The molecule has 2 heterocycles. The van der Waals surface area contributed by atoms with Crippen LogP contribution in [0.1, 0.15) is 30.3 Å². The number of imidazole rings is 1. The van der Waals surface area contributed by atoms with Gasteiger partial charge in [-0.15, -0.1) is 0 Å². The lowest BCUT2D eigenvalue weighted by Crippen LogP contribution is -2.31. The molecule has 1 amide bonds. The van der Waals surface area contributed by atoms with E-state index in [1.807, 2.05) is 48.5 Å². The largest absolute Gasteiger partial charge is 0.445 e. The van der Waals surface area contributed by atoms with E-state index < -0.39 is 0 Å². The number of benzene rings is 2. The second kappa shape index (κ2) is 6.88. The summed E-state index contributed by atoms with van der Waals surface area (Å²) in [5.41, 5.74) is 2.86. The molecule has 25 heavy (non-hydrogen) atoms. The first-order valence-corrected chi connectivity index (χ1v) is 9.12. The average Bonchev–Trinajstić information content (AvgIpc) is 3.26. The van der Waals surface area contributed by atoms with E-state index in [0.717, 1.165) is 39.7 Å². The minimum absolute atomic E-state index is 0.0607. The normalized spacial score (nSPS) is 17.2. The molecule has 0 unspecified atom stereocenters. The van der Waals surface area contributed by atoms with Gasteiger partial charge in [-0.25, -0.2) is 9.78 Å². The summed E-state index contributed by atoms with van der Waals surface area (Å²) in [5, 5.41) is 0. The zero-order valence-electron chi connectivity index (χ0n) is 13.6. The fourth-order valence-corrected chi connectivity index (χ4v) is 3.59. The van der Waals surface area contributed by atoms with Crippen LogP contribution in [0, 0.1) is 0 Å². The number of hydrogen-bond acceptors (Lipinski definition) is 3. The molecule has 1 aliphatic heterocycles. The summed E-state index contributed by atoms with van der Waals surface area (Å²) in [6.45, 7) is 0.981. The Hall–Kier alpha value is -2.34. The Balaban J connectivity index is 1.50. The quantitative estimate of drug-likeness (QED) is 0.687. The van der Waals surface area contributed by atoms with E-state index in [1.165, 1.54) is 0 Å². The van der Waals surface area contributed by atoms with E-state index in [1.54, 1.807) is 4.90 Å². The van der Waals surface area contributed by atoms with Crippen molar-refractivity contribution >= 4 is 33.1 Å². The van der Waals surface area contributed by atoms with E-state index in [9.17, 15) is 4.79 Å². The molecule has 1 fully saturated rings. The highest BCUT2D eigenvalue weighted by Crippen LogP contribution is 2.32. The Bertz CT molecular complexity index is 894. The van der Waals surface area contributed by atoms with E-state index in [2.05, 4.69) is 25.9 Å². The summed E-state index contributed by atoms with van der Waals surface area (Å²) in [6, 6.07) is 15.6. The maximum Gasteiger partial charge on any atom is 0.410 e. The standard InChI is InChI=1S/C19H18BrN3O2/c20-14-8-9-15-16(11-14)22-18(21-15)17-7-4-10-23(17)19(24)25-12-13-5-2-1-3-6-13/h1-3,5-6,8-9,11,17H,4,7,10,12H2,(H,21,22)/t17-/m1/s1. The second-order valence-electron chi connectivity index (χ2n) is 6.18. The first kappa shape index (κ1) is 16.1. The van der Waals surface area contributed by atoms with Gasteiger partial charge in [0.25, 0.3) is 0 Å². The number of ether oxygens (including phenoxy) is 1. The van der Waals surface area contributed by atoms with Crippen LogP contribution < -0.4 is 0 Å². The van der Waals surface area contributed by atoms with Crippen molar-refractivity contribution in [1.29, 1.82) is 0 Å². The Kier molecular flexibility index (Phi) is 4.44. The summed E-state index contributed by atoms with van der Waals surface area (Å²) < 4.78 is 6.50. The van der Waals surface area contributed by atoms with E-state index in [-0.39, 0.29) is 18.7 Å². The highest BCUT2D eigenvalue weighted by molar-refractivity contribution is 9.10. The van der Waals surface area contributed by atoms with Crippen molar-refractivity contribution in [3.05, 3.63) is 64.4 Å². The van der Waals surface area contributed by atoms with Crippen molar-refractivity contribution in [2.75, 3.05) is 6.54 Å². The third-order valence-electron chi connectivity index (χ3n) is 4.47. The van der Waals surface area contributed by atoms with Gasteiger partial charge in [0.2, 0.25) is 0 Å². The van der Waals surface area contributed by atoms with Gasteiger partial charge in [0, 0.05) is 11.0 Å². The molecule has 1 aliphatic rings. The first-order chi connectivity index (χ1) is 12.2. The predicted molar refractivity (Wildman–Crippen MR) is 99.1 cm³/mol. The number of nitrogens with zero attached hydrogens (tertiary/aromatic N) is 2. The van der Waals surface area contributed by atoms with Gasteiger partial charge in [0.1, 0.15) is 12.4 Å². The minimum atomic E-state index is -0.284. The van der Waals surface area contributed by atoms with Crippen molar-refractivity contribution in [3.63, 3.8) is 0 Å². The van der Waals surface area contributed by atoms with Gasteiger partial charge in [0.05, 0.1) is 17.1 Å². The summed E-state index contributed by atoms with van der Waals surface area (Å²) in [6.07, 6.45) is 1.56. The van der Waals surface area contributed by atoms with Crippen molar-refractivity contribution < 1.29 is 9.53 Å². The lowest BCUT2D eigenvalue weighted by atomic mass is 10.2. The molecule has 0 spiro atoms. The number of aromatic amines is 1. The van der Waals surface area contributed by atoms with Gasteiger partial charge in [-0.2, -0.15) is 0 Å². The fourth-order valence-electron chi connectivity index (χ4n) is 3.23. The molecule has 1 aromatic heterocycles. The number of halogens is 1. The third-order valence-corrected chi connectivity index (χ3v) is 4.96. The van der Waals surface area contributed by atoms with E-state index in [4.69, 9.17) is 4.74 Å². The van der Waals surface area contributed by atoms with Gasteiger partial charge < -0.3 is 9.72 Å². The van der Waals surface area contributed by atoms with Crippen LogP contribution in [0.3, 0.4) is 0 Å². The molecule has 0 saturated carbocycles. The minimum Gasteiger partial charge on any atom is -0.445 e. The molecule has 0 radical (unpaired) electrons. The van der Waals surface area contributed by atoms with Gasteiger partial charge >= 0.3 is 6.09 Å². The summed E-state index contributed by atoms with van der Waals surface area (Å²) in [7, 11) is 0. The SMILES string of the molecule is O=C(OCc1ccccc1)N1CCC[C@@H]1c1nc2ccc(Br)cc2[nH]1. The number of likely N-dealkylation sites (tertiary alicyclic amines) is 1. The van der Waals surface area contributed by atoms with E-state index >= 15 is 0 Å². The molecule has 1 N–H and O–H groups in total. The van der Waals surface area contributed by atoms with Crippen LogP contribution in [0.15, 0.2) is 53.0 Å². The van der Waals surface area contributed by atoms with Crippen LogP contribution >= 0.6 is 15.9 Å². The molecular formula is C19H18BrN3O2. The van der Waals surface area contributed by atoms with Gasteiger partial charge in [-0.05, 0) is 36.6 Å². The topological polar surface area (TPSA) is 58.2 Å². The predicted octanol–water partition coefficient (Wildman–Crippen LogP) is 4.80. The van der Waals surface area contributed by atoms with Crippen molar-refractivity contribution in [2.45, 2.75) is 25.5 Å². The molecule has 128 valence electrons. The van der Waals surface area contributed by atoms with Crippen molar-refractivity contribution in [2.24, 2.45) is 0 Å². The van der Waals surface area contributed by atoms with Crippen LogP contribution in [0.25, 0.3) is 11.0 Å². The van der Waals surface area contributed by atoms with Crippen molar-refractivity contribution in [1.82, 2.24) is 14.9 Å². The van der Waals surface area contributed by atoms with Gasteiger partial charge in [-0.3, -0.25) is 4.90 Å². The molecule has 0 aliphatic carbocycles. The van der Waals surface area contributed by atoms with Crippen LogP contribution in [-0.2, 0) is 11.3 Å². The number of hydrogen-bond donors (Lipinski definition) is 1. The lowest BCUT2D eigenvalue weighted by Gasteiger charge is -2.22. The Morgan fingerprint density at radius 3 is 2.96 bits per heavy atom. The molecule has 3 aromatic rings. The molecule has 2 aromatic carbocycles. The number of aromatic nitrogens is 2. The second-order valence-corrected chi connectivity index (χ2v) is 7.09. The number of carbonyl (C=O) groups is 1. The number of nitrogens with one attached hydrogen (secondary N) is 1. The zero-order chi connectivity index (χ0) is 17.2. The number of fused-ring (bicyclic) bond motifs is 1. The molecule has 0 bridgehead atoms. The molecule has 5 nitrogen and oxygen atoms in total. The highest BCUT2D eigenvalue weighted by atomic mass is 79.9. The number of rotatable bonds is 3. The molecule has 6 heteroatoms. The maximum atomic E-state index is 12.5. The monoisotopic (exact) mass is 399 g/mol. The molecular weight excluding hydrogens is 382 g/mol. The van der Waals surface area contributed by atoms with E-state index in [0.29, 0.717) is 6.54 Å². The van der Waals surface area contributed by atoms with Gasteiger partial charge in [-0.1, -0.05) is 46.3 Å². The Labute approximate surface area is 154 Å². The third kappa shape index (κ3) is 3.39. The van der Waals surface area contributed by atoms with Crippen LogP contribution in [0.5, 0.6) is 0 Å². The van der Waals surface area contributed by atoms with Crippen LogP contribution in [-0.4, -0.2) is 27.5 Å². The number of H-pyrrole nitrogens is 1. The highest BCUT2D eigenvalue weighted by Gasteiger charge is 2.33. The lowest BCUT2D eigenvalue weighted by molar-refractivity contribution is 0.0910. The van der Waals surface area contributed by atoms with Crippen molar-refractivity contribution in [3.8, 4) is 0 Å². The average molecular weight is 400 g/mol. The Morgan fingerprint density at radius 2 is 2.12 bits per heavy atom. The van der Waals surface area contributed by atoms with Gasteiger partial charge in [0.15, 0.2) is 0 Å². The first-order valence-electron chi connectivity index (χ1n) is 8.33. The molecule has 1 saturated heterocycles. The summed E-state index contributed by atoms with van der Waals surface area (Å²) >= 11 is 3.47. The zero-order valence-corrected chi connectivity index (χ0v) is 15.2. The summed E-state index contributed by atoms with van der Waals surface area (Å²) in [5.74, 6) is 0.822. The van der Waals surface area contributed by atoms with Crippen LogP contribution in [0.4, 0.5) is 4.79 Å².